The molecule has 0 bridgehead atoms. The fraction of sp³-hybridized carbons (Fsp3) is 0.500. The molecule has 0 aromatic carbocycles. The molecule has 68 valence electrons. The van der Waals surface area contributed by atoms with Crippen LogP contribution in [0.1, 0.15) is 12.8 Å². The van der Waals surface area contributed by atoms with Crippen LogP contribution in [0.5, 0.6) is 0 Å². The summed E-state index contributed by atoms with van der Waals surface area (Å²) in [6, 6.07) is -1.22. The van der Waals surface area contributed by atoms with Crippen molar-refractivity contribution < 1.29 is 24.6 Å². The number of hydrogen-bond donors (Lipinski definition) is 3. The molecule has 0 amide bonds. The highest BCUT2D eigenvalue weighted by Crippen LogP contribution is 1.94. The van der Waals surface area contributed by atoms with Crippen LogP contribution in [0.4, 0.5) is 0 Å². The van der Waals surface area contributed by atoms with Crippen molar-refractivity contribution in [3.05, 3.63) is 0 Å². The van der Waals surface area contributed by atoms with Crippen LogP contribution in [0, 0.1) is 0 Å². The second-order valence-electron chi connectivity index (χ2n) is 2.24. The summed E-state index contributed by atoms with van der Waals surface area (Å²) in [4.78, 5) is 30.7. The minimum absolute atomic E-state index is 0.536. The predicted molar refractivity (Wildman–Crippen MR) is 37.5 cm³/mol. The molecule has 0 aliphatic rings. The normalized spacial score (nSPS) is 12.1. The lowest BCUT2D eigenvalue weighted by Crippen LogP contribution is -2.34. The number of aliphatic carboxylic acids is 2. The Morgan fingerprint density at radius 2 is 1.67 bits per heavy atom. The molecule has 6 nitrogen and oxygen atoms in total. The summed E-state index contributed by atoms with van der Waals surface area (Å²) < 4.78 is 0. The lowest BCUT2D eigenvalue weighted by molar-refractivity contribution is -0.143. The van der Waals surface area contributed by atoms with E-state index in [0.717, 1.165) is 0 Å². The molecule has 0 saturated carbocycles. The fourth-order valence-corrected chi connectivity index (χ4v) is 0.582. The van der Waals surface area contributed by atoms with Crippen LogP contribution in [0.25, 0.3) is 0 Å². The van der Waals surface area contributed by atoms with Gasteiger partial charge in [-0.1, -0.05) is 0 Å². The maximum atomic E-state index is 10.7. The molecule has 1 unspecified atom stereocenters. The molecule has 0 fully saturated rings. The summed E-state index contributed by atoms with van der Waals surface area (Å²) in [7, 11) is 0. The summed E-state index contributed by atoms with van der Waals surface area (Å²) in [5.74, 6) is -3.30. The van der Waals surface area contributed by atoms with E-state index in [9.17, 15) is 14.4 Å². The molecule has 6 heteroatoms. The monoisotopic (exact) mass is 175 g/mol. The van der Waals surface area contributed by atoms with Crippen molar-refractivity contribution in [2.75, 3.05) is 0 Å². The molecule has 0 aliphatic heterocycles. The van der Waals surface area contributed by atoms with Crippen LogP contribution in [0.3, 0.4) is 0 Å². The van der Waals surface area contributed by atoms with Crippen LogP contribution in [0.15, 0.2) is 0 Å². The third-order valence-electron chi connectivity index (χ3n) is 1.13. The third-order valence-corrected chi connectivity index (χ3v) is 1.13. The van der Waals surface area contributed by atoms with E-state index in [1.54, 1.807) is 0 Å². The van der Waals surface area contributed by atoms with E-state index in [-0.39, 0.29) is 0 Å². The van der Waals surface area contributed by atoms with Gasteiger partial charge in [0.2, 0.25) is 0 Å². The Morgan fingerprint density at radius 1 is 1.17 bits per heavy atom. The largest absolute Gasteiger partial charge is 0.481 e. The number of Topliss-reactive ketones (excluding diaryl/α,β-unsaturated/α-hetero) is 1. The molecule has 0 radical (unpaired) electrons. The number of rotatable bonds is 5. The first-order valence-electron chi connectivity index (χ1n) is 3.15. The van der Waals surface area contributed by atoms with Crippen molar-refractivity contribution in [1.82, 2.24) is 0 Å². The average Bonchev–Trinajstić information content (AvgIpc) is 1.84. The van der Waals surface area contributed by atoms with Gasteiger partial charge >= 0.3 is 11.9 Å². The first kappa shape index (κ1) is 10.6. The molecule has 0 heterocycles. The number of hydrogen-bond acceptors (Lipinski definition) is 4. The molecule has 0 rings (SSSR count). The molecule has 0 aliphatic carbocycles. The van der Waals surface area contributed by atoms with Crippen LogP contribution < -0.4 is 5.73 Å². The molecule has 0 aromatic rings. The Balaban J connectivity index is 3.93. The van der Waals surface area contributed by atoms with Crippen molar-refractivity contribution in [3.63, 3.8) is 0 Å². The van der Waals surface area contributed by atoms with Gasteiger partial charge in [0, 0.05) is 0 Å². The fourth-order valence-electron chi connectivity index (χ4n) is 0.582. The minimum Gasteiger partial charge on any atom is -0.481 e. The van der Waals surface area contributed by atoms with E-state index in [1.807, 2.05) is 0 Å². The van der Waals surface area contributed by atoms with E-state index < -0.39 is 36.6 Å². The number of carboxylic acids is 2. The predicted octanol–water partition coefficient (Wildman–Crippen LogP) is -1.17. The number of ketones is 1. The van der Waals surface area contributed by atoms with Crippen molar-refractivity contribution in [2.24, 2.45) is 5.73 Å². The smallest absolute Gasteiger partial charge is 0.310 e. The second-order valence-corrected chi connectivity index (χ2v) is 2.24. The third kappa shape index (κ3) is 4.40. The quantitative estimate of drug-likeness (QED) is 0.453. The lowest BCUT2D eigenvalue weighted by Gasteiger charge is -2.04. The zero-order valence-corrected chi connectivity index (χ0v) is 6.19. The SMILES string of the molecule is NC(CC(=O)O)C(=O)CC(=O)O. The van der Waals surface area contributed by atoms with Gasteiger partial charge in [-0.2, -0.15) is 0 Å². The van der Waals surface area contributed by atoms with Crippen molar-refractivity contribution in [3.8, 4) is 0 Å². The summed E-state index contributed by atoms with van der Waals surface area (Å²) in [6.45, 7) is 0. The number of carboxylic acid groups (broad SMARTS) is 2. The topological polar surface area (TPSA) is 118 Å². The summed E-state index contributed by atoms with van der Waals surface area (Å²) in [6.07, 6.45) is -1.26. The van der Waals surface area contributed by atoms with Crippen LogP contribution in [-0.2, 0) is 14.4 Å². The molecule has 12 heavy (non-hydrogen) atoms. The first-order valence-corrected chi connectivity index (χ1v) is 3.15. The summed E-state index contributed by atoms with van der Waals surface area (Å²) in [5.41, 5.74) is 5.07. The van der Waals surface area contributed by atoms with Gasteiger partial charge in [-0.05, 0) is 0 Å². The summed E-state index contributed by atoms with van der Waals surface area (Å²) >= 11 is 0. The average molecular weight is 175 g/mol. The maximum absolute atomic E-state index is 10.7. The van der Waals surface area contributed by atoms with Crippen LogP contribution in [-0.4, -0.2) is 34.0 Å². The van der Waals surface area contributed by atoms with Crippen LogP contribution in [0.2, 0.25) is 0 Å². The van der Waals surface area contributed by atoms with Gasteiger partial charge in [0.1, 0.15) is 6.42 Å². The van der Waals surface area contributed by atoms with E-state index >= 15 is 0 Å². The molecule has 4 N–H and O–H groups in total. The van der Waals surface area contributed by atoms with Gasteiger partial charge in [-0.15, -0.1) is 0 Å². The minimum atomic E-state index is -1.30. The Bertz CT molecular complexity index is 212. The second kappa shape index (κ2) is 4.45. The van der Waals surface area contributed by atoms with Crippen molar-refractivity contribution in [1.29, 1.82) is 0 Å². The molecule has 0 aromatic heterocycles. The van der Waals surface area contributed by atoms with Gasteiger partial charge < -0.3 is 15.9 Å². The molecule has 0 saturated heterocycles. The highest BCUT2D eigenvalue weighted by atomic mass is 16.4. The Kier molecular flexibility index (Phi) is 3.92. The van der Waals surface area contributed by atoms with Gasteiger partial charge in [0.15, 0.2) is 5.78 Å². The Hall–Kier alpha value is -1.43. The lowest BCUT2D eigenvalue weighted by atomic mass is 10.1. The zero-order chi connectivity index (χ0) is 9.72. The van der Waals surface area contributed by atoms with Gasteiger partial charge in [0.05, 0.1) is 12.5 Å². The zero-order valence-electron chi connectivity index (χ0n) is 6.19. The Morgan fingerprint density at radius 3 is 2.00 bits per heavy atom. The van der Waals surface area contributed by atoms with Crippen molar-refractivity contribution in [2.45, 2.75) is 18.9 Å². The highest BCUT2D eigenvalue weighted by molar-refractivity contribution is 5.98. The molecule has 1 atom stereocenters. The standard InChI is InChI=1S/C6H9NO5/c7-3(1-5(9)10)4(8)2-6(11)12/h3H,1-2,7H2,(H,9,10)(H,11,12). The first-order chi connectivity index (χ1) is 5.43. The number of carbonyl (C=O) groups is 3. The maximum Gasteiger partial charge on any atom is 0.310 e. The van der Waals surface area contributed by atoms with Gasteiger partial charge in [-0.25, -0.2) is 0 Å². The van der Waals surface area contributed by atoms with Crippen LogP contribution >= 0.6 is 0 Å². The van der Waals surface area contributed by atoms with Gasteiger partial charge in [-0.3, -0.25) is 14.4 Å². The van der Waals surface area contributed by atoms with Gasteiger partial charge in [0.25, 0.3) is 0 Å². The number of carbonyl (C=O) groups excluding carboxylic acids is 1. The highest BCUT2D eigenvalue weighted by Gasteiger charge is 2.18. The van der Waals surface area contributed by atoms with E-state index in [2.05, 4.69) is 0 Å². The van der Waals surface area contributed by atoms with E-state index in [0.29, 0.717) is 0 Å². The molecular weight excluding hydrogens is 166 g/mol. The molecule has 0 spiro atoms. The van der Waals surface area contributed by atoms with Crippen molar-refractivity contribution >= 4 is 17.7 Å². The number of nitrogens with two attached hydrogens (primary N) is 1. The van der Waals surface area contributed by atoms with E-state index in [1.165, 1.54) is 0 Å². The molecular formula is C6H9NO5. The summed E-state index contributed by atoms with van der Waals surface area (Å²) in [5, 5.41) is 16.3. The Labute approximate surface area is 68.0 Å². The van der Waals surface area contributed by atoms with E-state index in [4.69, 9.17) is 15.9 Å².